The Balaban J connectivity index is 2.62. The fraction of sp³-hybridized carbons (Fsp3) is 0.417. The van der Waals surface area contributed by atoms with Gasteiger partial charge in [-0.3, -0.25) is 4.79 Å². The van der Waals surface area contributed by atoms with Gasteiger partial charge < -0.3 is 5.11 Å². The molecule has 82 valence electrons. The molecule has 0 aliphatic heterocycles. The average molecular weight is 224 g/mol. The van der Waals surface area contributed by atoms with Gasteiger partial charge in [0.2, 0.25) is 0 Å². The highest BCUT2D eigenvalue weighted by atomic mass is 32.2. The number of thioether (sulfide) groups is 1. The van der Waals surface area contributed by atoms with Gasteiger partial charge in [-0.1, -0.05) is 37.3 Å². The minimum Gasteiger partial charge on any atom is -0.481 e. The summed E-state index contributed by atoms with van der Waals surface area (Å²) in [7, 11) is 0. The molecular formula is C12H16O2S. The van der Waals surface area contributed by atoms with Crippen molar-refractivity contribution >= 4 is 17.7 Å². The summed E-state index contributed by atoms with van der Waals surface area (Å²) in [5.41, 5.74) is 0.897. The Labute approximate surface area is 94.7 Å². The Morgan fingerprint density at radius 2 is 2.07 bits per heavy atom. The van der Waals surface area contributed by atoms with Crippen molar-refractivity contribution in [2.24, 2.45) is 0 Å². The summed E-state index contributed by atoms with van der Waals surface area (Å²) in [6, 6.07) is 9.43. The Bertz CT molecular complexity index is 298. The molecule has 3 heteroatoms. The lowest BCUT2D eigenvalue weighted by atomic mass is 10.0. The molecule has 1 unspecified atom stereocenters. The SMILES string of the molecule is CCCSCC(C(=O)O)c1ccccc1. The van der Waals surface area contributed by atoms with Crippen molar-refractivity contribution in [3.63, 3.8) is 0 Å². The quantitative estimate of drug-likeness (QED) is 0.755. The summed E-state index contributed by atoms with van der Waals surface area (Å²) < 4.78 is 0. The van der Waals surface area contributed by atoms with Crippen LogP contribution in [0, 0.1) is 0 Å². The van der Waals surface area contributed by atoms with E-state index in [0.29, 0.717) is 5.75 Å². The molecule has 0 aliphatic carbocycles. The van der Waals surface area contributed by atoms with Crippen molar-refractivity contribution in [3.05, 3.63) is 35.9 Å². The highest BCUT2D eigenvalue weighted by Crippen LogP contribution is 2.21. The van der Waals surface area contributed by atoms with Gasteiger partial charge in [0.05, 0.1) is 5.92 Å². The molecule has 0 aliphatic rings. The first kappa shape index (κ1) is 12.1. The summed E-state index contributed by atoms with van der Waals surface area (Å²) in [5.74, 6) is 0.580. The van der Waals surface area contributed by atoms with E-state index in [1.165, 1.54) is 0 Å². The van der Waals surface area contributed by atoms with Crippen molar-refractivity contribution in [3.8, 4) is 0 Å². The van der Waals surface area contributed by atoms with Crippen molar-refractivity contribution < 1.29 is 9.90 Å². The van der Waals surface area contributed by atoms with Crippen LogP contribution in [-0.2, 0) is 4.79 Å². The summed E-state index contributed by atoms with van der Waals surface area (Å²) in [6.45, 7) is 2.10. The van der Waals surface area contributed by atoms with E-state index in [1.807, 2.05) is 30.3 Å². The molecule has 2 nitrogen and oxygen atoms in total. The van der Waals surface area contributed by atoms with Crippen LogP contribution in [0.4, 0.5) is 0 Å². The topological polar surface area (TPSA) is 37.3 Å². The molecule has 1 rings (SSSR count). The Morgan fingerprint density at radius 3 is 2.60 bits per heavy atom. The first-order chi connectivity index (χ1) is 7.25. The van der Waals surface area contributed by atoms with E-state index in [1.54, 1.807) is 11.8 Å². The van der Waals surface area contributed by atoms with Crippen LogP contribution in [0.25, 0.3) is 0 Å². The zero-order valence-electron chi connectivity index (χ0n) is 8.85. The second-order valence-corrected chi connectivity index (χ2v) is 4.53. The molecule has 0 spiro atoms. The van der Waals surface area contributed by atoms with Crippen molar-refractivity contribution in [2.45, 2.75) is 19.3 Å². The van der Waals surface area contributed by atoms with Crippen molar-refractivity contribution in [2.75, 3.05) is 11.5 Å². The van der Waals surface area contributed by atoms with Crippen LogP contribution >= 0.6 is 11.8 Å². The van der Waals surface area contributed by atoms with Crippen LogP contribution in [0.3, 0.4) is 0 Å². The van der Waals surface area contributed by atoms with Crippen molar-refractivity contribution in [1.29, 1.82) is 0 Å². The second kappa shape index (κ2) is 6.51. The Kier molecular flexibility index (Phi) is 5.26. The van der Waals surface area contributed by atoms with Gasteiger partial charge in [-0.15, -0.1) is 0 Å². The summed E-state index contributed by atoms with van der Waals surface area (Å²) >= 11 is 1.70. The molecule has 0 saturated heterocycles. The van der Waals surface area contributed by atoms with E-state index in [-0.39, 0.29) is 5.92 Å². The van der Waals surface area contributed by atoms with Crippen LogP contribution in [0.5, 0.6) is 0 Å². The molecule has 1 aromatic carbocycles. The van der Waals surface area contributed by atoms with E-state index in [4.69, 9.17) is 5.11 Å². The normalized spacial score (nSPS) is 12.3. The number of carbonyl (C=O) groups is 1. The van der Waals surface area contributed by atoms with Gasteiger partial charge >= 0.3 is 5.97 Å². The van der Waals surface area contributed by atoms with Crippen LogP contribution in [0.1, 0.15) is 24.8 Å². The highest BCUT2D eigenvalue weighted by Gasteiger charge is 2.18. The van der Waals surface area contributed by atoms with Gasteiger partial charge in [0.1, 0.15) is 0 Å². The summed E-state index contributed by atoms with van der Waals surface area (Å²) in [6.07, 6.45) is 1.09. The maximum Gasteiger partial charge on any atom is 0.311 e. The highest BCUT2D eigenvalue weighted by molar-refractivity contribution is 7.99. The summed E-state index contributed by atoms with van der Waals surface area (Å²) in [5, 5.41) is 9.11. The number of hydrogen-bond donors (Lipinski definition) is 1. The van der Waals surface area contributed by atoms with Crippen LogP contribution in [0.2, 0.25) is 0 Å². The number of hydrogen-bond acceptors (Lipinski definition) is 2. The summed E-state index contributed by atoms with van der Waals surface area (Å²) in [4.78, 5) is 11.1. The lowest BCUT2D eigenvalue weighted by molar-refractivity contribution is -0.138. The molecule has 1 aromatic rings. The standard InChI is InChI=1S/C12H16O2S/c1-2-8-15-9-11(12(13)14)10-6-4-3-5-7-10/h3-7,11H,2,8-9H2,1H3,(H,13,14). The van der Waals surface area contributed by atoms with E-state index in [2.05, 4.69) is 6.92 Å². The minimum atomic E-state index is -0.732. The third kappa shape index (κ3) is 3.96. The molecule has 0 bridgehead atoms. The predicted molar refractivity (Wildman–Crippen MR) is 64.4 cm³/mol. The third-order valence-corrected chi connectivity index (χ3v) is 3.40. The number of carboxylic acid groups (broad SMARTS) is 1. The minimum absolute atomic E-state index is 0.372. The van der Waals surface area contributed by atoms with Gasteiger partial charge in [-0.05, 0) is 17.7 Å². The zero-order chi connectivity index (χ0) is 11.1. The Morgan fingerprint density at radius 1 is 1.40 bits per heavy atom. The van der Waals surface area contributed by atoms with Gasteiger partial charge in [0.25, 0.3) is 0 Å². The smallest absolute Gasteiger partial charge is 0.311 e. The lowest BCUT2D eigenvalue weighted by Gasteiger charge is -2.11. The first-order valence-corrected chi connectivity index (χ1v) is 6.26. The molecule has 1 N–H and O–H groups in total. The van der Waals surface area contributed by atoms with E-state index in [0.717, 1.165) is 17.7 Å². The number of benzene rings is 1. The first-order valence-electron chi connectivity index (χ1n) is 5.11. The molecule has 15 heavy (non-hydrogen) atoms. The van der Waals surface area contributed by atoms with Gasteiger partial charge in [0, 0.05) is 5.75 Å². The lowest BCUT2D eigenvalue weighted by Crippen LogP contribution is -2.14. The molecule has 0 heterocycles. The molecular weight excluding hydrogens is 208 g/mol. The van der Waals surface area contributed by atoms with Gasteiger partial charge in [-0.2, -0.15) is 11.8 Å². The Hall–Kier alpha value is -0.960. The predicted octanol–water partition coefficient (Wildman–Crippen LogP) is 3.00. The largest absolute Gasteiger partial charge is 0.481 e. The van der Waals surface area contributed by atoms with Gasteiger partial charge in [-0.25, -0.2) is 0 Å². The number of aliphatic carboxylic acids is 1. The molecule has 0 saturated carbocycles. The van der Waals surface area contributed by atoms with E-state index < -0.39 is 5.97 Å². The molecule has 0 amide bonds. The number of rotatable bonds is 6. The van der Waals surface area contributed by atoms with Gasteiger partial charge in [0.15, 0.2) is 0 Å². The maximum atomic E-state index is 11.1. The molecule has 0 aromatic heterocycles. The van der Waals surface area contributed by atoms with Crippen LogP contribution < -0.4 is 0 Å². The zero-order valence-corrected chi connectivity index (χ0v) is 9.67. The third-order valence-electron chi connectivity index (χ3n) is 2.13. The van der Waals surface area contributed by atoms with Crippen molar-refractivity contribution in [1.82, 2.24) is 0 Å². The monoisotopic (exact) mass is 224 g/mol. The molecule has 1 atom stereocenters. The van der Waals surface area contributed by atoms with Crippen LogP contribution in [0.15, 0.2) is 30.3 Å². The molecule has 0 fully saturated rings. The fourth-order valence-electron chi connectivity index (χ4n) is 1.34. The van der Waals surface area contributed by atoms with E-state index in [9.17, 15) is 4.79 Å². The average Bonchev–Trinajstić information content (AvgIpc) is 2.25. The second-order valence-electron chi connectivity index (χ2n) is 3.38. The maximum absolute atomic E-state index is 11.1. The fourth-order valence-corrected chi connectivity index (χ4v) is 2.37. The van der Waals surface area contributed by atoms with Crippen LogP contribution in [-0.4, -0.2) is 22.6 Å². The van der Waals surface area contributed by atoms with E-state index >= 15 is 0 Å². The number of carboxylic acids is 1. The molecule has 0 radical (unpaired) electrons.